The maximum atomic E-state index is 12.3. The van der Waals surface area contributed by atoms with E-state index >= 15 is 0 Å². The fourth-order valence-corrected chi connectivity index (χ4v) is 0.999. The van der Waals surface area contributed by atoms with Crippen molar-refractivity contribution in [1.82, 2.24) is 4.98 Å². The van der Waals surface area contributed by atoms with E-state index in [4.69, 9.17) is 10.4 Å². The van der Waals surface area contributed by atoms with E-state index in [2.05, 4.69) is 4.98 Å². The summed E-state index contributed by atoms with van der Waals surface area (Å²) in [6.07, 6.45) is -4.07. The zero-order valence-corrected chi connectivity index (χ0v) is 7.04. The minimum absolute atomic E-state index is 0.518. The highest BCUT2D eigenvalue weighted by Gasteiger charge is 2.37. The van der Waals surface area contributed by atoms with Crippen LogP contribution in [0.25, 0.3) is 0 Å². The van der Waals surface area contributed by atoms with E-state index in [1.165, 1.54) is 6.07 Å². The molecule has 7 heteroatoms. The lowest BCUT2D eigenvalue weighted by Gasteiger charge is -2.09. The standard InChI is InChI=1S/C8H3F3N2O2/c9-8(10,11)4-1-2-13-5(3-12)6(4)7(14)15/h1-2H,(H,14,15). The van der Waals surface area contributed by atoms with Gasteiger partial charge in [0.2, 0.25) is 0 Å². The zero-order chi connectivity index (χ0) is 11.6. The van der Waals surface area contributed by atoms with Crippen LogP contribution >= 0.6 is 0 Å². The van der Waals surface area contributed by atoms with Crippen molar-refractivity contribution in [3.8, 4) is 6.07 Å². The number of alkyl halides is 3. The van der Waals surface area contributed by atoms with Gasteiger partial charge < -0.3 is 5.11 Å². The molecule has 0 saturated heterocycles. The fourth-order valence-electron chi connectivity index (χ4n) is 0.999. The van der Waals surface area contributed by atoms with Crippen molar-refractivity contribution in [3.63, 3.8) is 0 Å². The Morgan fingerprint density at radius 3 is 2.53 bits per heavy atom. The Balaban J connectivity index is 3.55. The van der Waals surface area contributed by atoms with Crippen LogP contribution in [0.5, 0.6) is 0 Å². The maximum absolute atomic E-state index is 12.3. The predicted molar refractivity (Wildman–Crippen MR) is 40.9 cm³/mol. The molecule has 0 aromatic carbocycles. The van der Waals surface area contributed by atoms with Gasteiger partial charge in [-0.25, -0.2) is 9.78 Å². The molecular weight excluding hydrogens is 213 g/mol. The molecule has 1 aromatic rings. The molecule has 0 bridgehead atoms. The summed E-state index contributed by atoms with van der Waals surface area (Å²) >= 11 is 0. The van der Waals surface area contributed by atoms with E-state index in [9.17, 15) is 18.0 Å². The first-order valence-electron chi connectivity index (χ1n) is 3.57. The third-order valence-electron chi connectivity index (χ3n) is 1.58. The van der Waals surface area contributed by atoms with Crippen molar-refractivity contribution in [2.75, 3.05) is 0 Å². The lowest BCUT2D eigenvalue weighted by Crippen LogP contribution is -2.15. The van der Waals surface area contributed by atoms with Crippen molar-refractivity contribution < 1.29 is 23.1 Å². The van der Waals surface area contributed by atoms with Crippen LogP contribution in [0.3, 0.4) is 0 Å². The highest BCUT2D eigenvalue weighted by Crippen LogP contribution is 2.32. The molecule has 15 heavy (non-hydrogen) atoms. The topological polar surface area (TPSA) is 74.0 Å². The molecule has 78 valence electrons. The molecule has 0 saturated carbocycles. The number of hydrogen-bond acceptors (Lipinski definition) is 3. The lowest BCUT2D eigenvalue weighted by molar-refractivity contribution is -0.138. The van der Waals surface area contributed by atoms with Crippen molar-refractivity contribution in [2.24, 2.45) is 0 Å². The number of pyridine rings is 1. The molecule has 0 unspecified atom stereocenters. The second-order valence-electron chi connectivity index (χ2n) is 2.50. The van der Waals surface area contributed by atoms with Gasteiger partial charge in [-0.05, 0) is 6.07 Å². The highest BCUT2D eigenvalue weighted by atomic mass is 19.4. The van der Waals surface area contributed by atoms with E-state index in [-0.39, 0.29) is 0 Å². The molecule has 0 amide bonds. The number of carboxylic acid groups (broad SMARTS) is 1. The van der Waals surface area contributed by atoms with Crippen molar-refractivity contribution in [2.45, 2.75) is 6.18 Å². The average Bonchev–Trinajstić information content (AvgIpc) is 2.15. The van der Waals surface area contributed by atoms with Crippen molar-refractivity contribution in [1.29, 1.82) is 5.26 Å². The Morgan fingerprint density at radius 1 is 1.53 bits per heavy atom. The number of carboxylic acids is 1. The van der Waals surface area contributed by atoms with Gasteiger partial charge in [0, 0.05) is 6.20 Å². The number of nitrogens with zero attached hydrogens (tertiary/aromatic N) is 2. The van der Waals surface area contributed by atoms with Crippen LogP contribution in [0.15, 0.2) is 12.3 Å². The first-order chi connectivity index (χ1) is 6.88. The Labute approximate surface area is 81.6 Å². The Hall–Kier alpha value is -2.10. The number of aromatic carboxylic acids is 1. The van der Waals surface area contributed by atoms with Gasteiger partial charge >= 0.3 is 12.1 Å². The third-order valence-corrected chi connectivity index (χ3v) is 1.58. The van der Waals surface area contributed by atoms with E-state index < -0.39 is 29.0 Å². The molecule has 4 nitrogen and oxygen atoms in total. The molecule has 1 aromatic heterocycles. The minimum Gasteiger partial charge on any atom is -0.478 e. The largest absolute Gasteiger partial charge is 0.478 e. The molecule has 1 heterocycles. The second-order valence-corrected chi connectivity index (χ2v) is 2.50. The normalized spacial score (nSPS) is 10.8. The molecule has 1 N–H and O–H groups in total. The molecule has 1 rings (SSSR count). The molecule has 0 aliphatic carbocycles. The Morgan fingerprint density at radius 2 is 2.13 bits per heavy atom. The summed E-state index contributed by atoms with van der Waals surface area (Å²) in [5.41, 5.74) is -3.24. The third kappa shape index (κ3) is 2.04. The number of carbonyl (C=O) groups is 1. The highest BCUT2D eigenvalue weighted by molar-refractivity contribution is 5.91. The zero-order valence-electron chi connectivity index (χ0n) is 7.04. The van der Waals surface area contributed by atoms with Crippen LogP contribution < -0.4 is 0 Å². The number of rotatable bonds is 1. The fraction of sp³-hybridized carbons (Fsp3) is 0.125. The summed E-state index contributed by atoms with van der Waals surface area (Å²) in [6, 6.07) is 1.82. The van der Waals surface area contributed by atoms with E-state index in [0.29, 0.717) is 6.07 Å². The lowest BCUT2D eigenvalue weighted by atomic mass is 10.1. The van der Waals surface area contributed by atoms with E-state index in [0.717, 1.165) is 6.20 Å². The van der Waals surface area contributed by atoms with Crippen molar-refractivity contribution >= 4 is 5.97 Å². The first-order valence-corrected chi connectivity index (χ1v) is 3.57. The monoisotopic (exact) mass is 216 g/mol. The summed E-state index contributed by atoms with van der Waals surface area (Å²) in [5, 5.41) is 17.0. The number of aromatic nitrogens is 1. The predicted octanol–water partition coefficient (Wildman–Crippen LogP) is 1.67. The molecular formula is C8H3F3N2O2. The maximum Gasteiger partial charge on any atom is 0.417 e. The van der Waals surface area contributed by atoms with E-state index in [1.807, 2.05) is 0 Å². The second kappa shape index (κ2) is 3.57. The van der Waals surface area contributed by atoms with Gasteiger partial charge in [-0.2, -0.15) is 18.4 Å². The smallest absolute Gasteiger partial charge is 0.417 e. The quantitative estimate of drug-likeness (QED) is 0.774. The molecule has 0 atom stereocenters. The van der Waals surface area contributed by atoms with Gasteiger partial charge in [-0.3, -0.25) is 0 Å². The molecule has 0 radical (unpaired) electrons. The molecule has 0 aliphatic rings. The molecule has 0 spiro atoms. The number of hydrogen-bond donors (Lipinski definition) is 1. The van der Waals surface area contributed by atoms with Crippen LogP contribution in [-0.4, -0.2) is 16.1 Å². The van der Waals surface area contributed by atoms with E-state index in [1.54, 1.807) is 0 Å². The van der Waals surface area contributed by atoms with Crippen LogP contribution in [-0.2, 0) is 6.18 Å². The average molecular weight is 216 g/mol. The van der Waals surface area contributed by atoms with Crippen LogP contribution in [0.1, 0.15) is 21.6 Å². The van der Waals surface area contributed by atoms with Crippen LogP contribution in [0.4, 0.5) is 13.2 Å². The minimum atomic E-state index is -4.82. The first kappa shape index (κ1) is 11.0. The summed E-state index contributed by atoms with van der Waals surface area (Å²) < 4.78 is 37.0. The SMILES string of the molecule is N#Cc1nccc(C(F)(F)F)c1C(=O)O. The van der Waals surface area contributed by atoms with Gasteiger partial charge in [0.15, 0.2) is 5.69 Å². The summed E-state index contributed by atoms with van der Waals surface area (Å²) in [7, 11) is 0. The summed E-state index contributed by atoms with van der Waals surface area (Å²) in [4.78, 5) is 13.8. The molecule has 0 fully saturated rings. The van der Waals surface area contributed by atoms with Gasteiger partial charge in [0.1, 0.15) is 11.6 Å². The van der Waals surface area contributed by atoms with Gasteiger partial charge in [0.05, 0.1) is 5.56 Å². The van der Waals surface area contributed by atoms with Gasteiger partial charge in [0.25, 0.3) is 0 Å². The van der Waals surface area contributed by atoms with Gasteiger partial charge in [-0.1, -0.05) is 0 Å². The van der Waals surface area contributed by atoms with Gasteiger partial charge in [-0.15, -0.1) is 0 Å². The van der Waals surface area contributed by atoms with Crippen molar-refractivity contribution in [3.05, 3.63) is 29.1 Å². The Kier molecular flexibility index (Phi) is 2.61. The van der Waals surface area contributed by atoms with Crippen LogP contribution in [0.2, 0.25) is 0 Å². The summed E-state index contributed by atoms with van der Waals surface area (Å²) in [5.74, 6) is -1.83. The number of halogens is 3. The Bertz CT molecular complexity index is 448. The number of nitriles is 1. The summed E-state index contributed by atoms with van der Waals surface area (Å²) in [6.45, 7) is 0. The molecule has 0 aliphatic heterocycles. The van der Waals surface area contributed by atoms with Crippen LogP contribution in [0, 0.1) is 11.3 Å².